The summed E-state index contributed by atoms with van der Waals surface area (Å²) in [6.45, 7) is 4.44. The lowest BCUT2D eigenvalue weighted by molar-refractivity contribution is -0.140. The first-order valence-electron chi connectivity index (χ1n) is 11.0. The topological polar surface area (TPSA) is 89.0 Å². The minimum absolute atomic E-state index is 0.0441. The summed E-state index contributed by atoms with van der Waals surface area (Å²) in [5.74, 6) is -0.280. The van der Waals surface area contributed by atoms with Crippen LogP contribution in [0.5, 0.6) is 11.5 Å². The van der Waals surface area contributed by atoms with E-state index in [1.165, 1.54) is 4.90 Å². The van der Waals surface area contributed by atoms with Gasteiger partial charge in [-0.1, -0.05) is 18.2 Å². The summed E-state index contributed by atoms with van der Waals surface area (Å²) in [5.41, 5.74) is 2.75. The first kappa shape index (κ1) is 23.0. The predicted molar refractivity (Wildman–Crippen MR) is 127 cm³/mol. The van der Waals surface area contributed by atoms with Gasteiger partial charge < -0.3 is 19.5 Å². The molecule has 0 radical (unpaired) electrons. The Bertz CT molecular complexity index is 1240. The van der Waals surface area contributed by atoms with E-state index in [0.29, 0.717) is 29.2 Å². The van der Waals surface area contributed by atoms with Crippen LogP contribution in [0, 0.1) is 6.92 Å². The van der Waals surface area contributed by atoms with Crippen molar-refractivity contribution in [1.82, 2.24) is 9.88 Å². The van der Waals surface area contributed by atoms with Gasteiger partial charge in [0.25, 0.3) is 11.7 Å². The van der Waals surface area contributed by atoms with Gasteiger partial charge in [0, 0.05) is 24.5 Å². The molecule has 0 spiro atoms. The Morgan fingerprint density at radius 2 is 1.88 bits per heavy atom. The van der Waals surface area contributed by atoms with Crippen molar-refractivity contribution >= 4 is 17.4 Å². The van der Waals surface area contributed by atoms with E-state index in [9.17, 15) is 14.7 Å². The number of hydrogen-bond donors (Lipinski definition) is 1. The van der Waals surface area contributed by atoms with E-state index in [-0.39, 0.29) is 17.9 Å². The molecular formula is C27H26N2O5. The monoisotopic (exact) mass is 458 g/mol. The molecule has 7 nitrogen and oxygen atoms in total. The molecule has 34 heavy (non-hydrogen) atoms. The van der Waals surface area contributed by atoms with Crippen molar-refractivity contribution in [3.63, 3.8) is 0 Å². The molecular weight excluding hydrogens is 432 g/mol. The standard InChI is InChI=1S/C27H26N2O5/c1-4-34-21-10-7-19(8-11-21)24-23(25(30)20-9-12-22(33-3)17(2)14-20)26(31)27(32)29(24)16-18-6-5-13-28-15-18/h5-15,24,30H,4,16H2,1-3H3/b25-23+. The van der Waals surface area contributed by atoms with Crippen LogP contribution < -0.4 is 9.47 Å². The maximum atomic E-state index is 13.2. The summed E-state index contributed by atoms with van der Waals surface area (Å²) in [6.07, 6.45) is 3.30. The van der Waals surface area contributed by atoms with Crippen molar-refractivity contribution in [3.05, 3.63) is 94.8 Å². The van der Waals surface area contributed by atoms with E-state index in [2.05, 4.69) is 4.98 Å². The Labute approximate surface area is 198 Å². The summed E-state index contributed by atoms with van der Waals surface area (Å²) in [5, 5.41) is 11.3. The molecule has 1 aliphatic heterocycles. The van der Waals surface area contributed by atoms with Crippen LogP contribution >= 0.6 is 0 Å². The van der Waals surface area contributed by atoms with Gasteiger partial charge in [-0.15, -0.1) is 0 Å². The predicted octanol–water partition coefficient (Wildman–Crippen LogP) is 4.42. The third-order valence-electron chi connectivity index (χ3n) is 5.79. The number of pyridine rings is 1. The molecule has 4 rings (SSSR count). The van der Waals surface area contributed by atoms with Gasteiger partial charge in [-0.2, -0.15) is 0 Å². The maximum absolute atomic E-state index is 13.2. The average Bonchev–Trinajstić information content (AvgIpc) is 3.10. The van der Waals surface area contributed by atoms with Crippen LogP contribution in [-0.2, 0) is 16.1 Å². The summed E-state index contributed by atoms with van der Waals surface area (Å²) in [4.78, 5) is 31.9. The molecule has 3 aromatic rings. The minimum Gasteiger partial charge on any atom is -0.507 e. The van der Waals surface area contributed by atoms with Crippen LogP contribution in [-0.4, -0.2) is 40.4 Å². The Hall–Kier alpha value is -4.13. The number of ketones is 1. The van der Waals surface area contributed by atoms with E-state index < -0.39 is 17.7 Å². The SMILES string of the molecule is CCOc1ccc(C2/C(=C(\O)c3ccc(OC)c(C)c3)C(=O)C(=O)N2Cc2cccnc2)cc1. The highest BCUT2D eigenvalue weighted by atomic mass is 16.5. The number of aromatic nitrogens is 1. The molecule has 0 saturated carbocycles. The van der Waals surface area contributed by atoms with Gasteiger partial charge in [0.1, 0.15) is 17.3 Å². The van der Waals surface area contributed by atoms with Gasteiger partial charge in [0.2, 0.25) is 0 Å². The zero-order chi connectivity index (χ0) is 24.2. The first-order chi connectivity index (χ1) is 16.4. The third-order valence-corrected chi connectivity index (χ3v) is 5.79. The molecule has 0 bridgehead atoms. The number of carbonyl (C=O) groups excluding carboxylic acids is 2. The second-order valence-corrected chi connectivity index (χ2v) is 7.97. The van der Waals surface area contributed by atoms with E-state index in [0.717, 1.165) is 11.1 Å². The molecule has 1 atom stereocenters. The largest absolute Gasteiger partial charge is 0.507 e. The smallest absolute Gasteiger partial charge is 0.295 e. The van der Waals surface area contributed by atoms with Gasteiger partial charge in [0.05, 0.1) is 25.3 Å². The van der Waals surface area contributed by atoms with Crippen molar-refractivity contribution < 1.29 is 24.2 Å². The Kier molecular flexibility index (Phi) is 6.63. The molecule has 1 unspecified atom stereocenters. The molecule has 1 N–H and O–H groups in total. The fourth-order valence-electron chi connectivity index (χ4n) is 4.17. The molecule has 1 amide bonds. The van der Waals surface area contributed by atoms with Crippen LogP contribution in [0.15, 0.2) is 72.6 Å². The van der Waals surface area contributed by atoms with Crippen molar-refractivity contribution in [1.29, 1.82) is 0 Å². The normalized spacial score (nSPS) is 17.1. The molecule has 1 aromatic heterocycles. The quantitative estimate of drug-likeness (QED) is 0.320. The number of amides is 1. The fourth-order valence-corrected chi connectivity index (χ4v) is 4.17. The number of carbonyl (C=O) groups is 2. The number of hydrogen-bond acceptors (Lipinski definition) is 6. The Morgan fingerprint density at radius 1 is 1.12 bits per heavy atom. The molecule has 7 heteroatoms. The first-order valence-corrected chi connectivity index (χ1v) is 11.0. The van der Waals surface area contributed by atoms with Crippen LogP contribution in [0.1, 0.15) is 35.2 Å². The molecule has 1 fully saturated rings. The van der Waals surface area contributed by atoms with Crippen LogP contribution in [0.4, 0.5) is 0 Å². The highest BCUT2D eigenvalue weighted by Gasteiger charge is 2.46. The Morgan fingerprint density at radius 3 is 2.50 bits per heavy atom. The van der Waals surface area contributed by atoms with Crippen molar-refractivity contribution in [2.24, 2.45) is 0 Å². The van der Waals surface area contributed by atoms with Crippen molar-refractivity contribution in [3.8, 4) is 11.5 Å². The van der Waals surface area contributed by atoms with Crippen LogP contribution in [0.25, 0.3) is 5.76 Å². The van der Waals surface area contributed by atoms with Crippen LogP contribution in [0.3, 0.4) is 0 Å². The minimum atomic E-state index is -0.765. The number of aryl methyl sites for hydroxylation is 1. The van der Waals surface area contributed by atoms with Crippen molar-refractivity contribution in [2.75, 3.05) is 13.7 Å². The van der Waals surface area contributed by atoms with Crippen LogP contribution in [0.2, 0.25) is 0 Å². The highest BCUT2D eigenvalue weighted by Crippen LogP contribution is 2.41. The van der Waals surface area contributed by atoms with E-state index in [4.69, 9.17) is 9.47 Å². The zero-order valence-corrected chi connectivity index (χ0v) is 19.3. The van der Waals surface area contributed by atoms with Gasteiger partial charge in [-0.25, -0.2) is 0 Å². The molecule has 174 valence electrons. The number of ether oxygens (including phenoxy) is 2. The van der Waals surface area contributed by atoms with Gasteiger partial charge in [-0.05, 0) is 66.9 Å². The van der Waals surface area contributed by atoms with E-state index >= 15 is 0 Å². The second-order valence-electron chi connectivity index (χ2n) is 7.97. The zero-order valence-electron chi connectivity index (χ0n) is 19.3. The molecule has 0 aliphatic carbocycles. The summed E-state index contributed by atoms with van der Waals surface area (Å²) >= 11 is 0. The molecule has 2 heterocycles. The highest BCUT2D eigenvalue weighted by molar-refractivity contribution is 6.46. The average molecular weight is 459 g/mol. The van der Waals surface area contributed by atoms with Gasteiger partial charge in [0.15, 0.2) is 0 Å². The summed E-state index contributed by atoms with van der Waals surface area (Å²) < 4.78 is 10.8. The van der Waals surface area contributed by atoms with E-state index in [1.54, 1.807) is 55.9 Å². The number of Topliss-reactive ketones (excluding diaryl/α,β-unsaturated/α-hetero) is 1. The lowest BCUT2D eigenvalue weighted by atomic mass is 9.94. The number of rotatable bonds is 7. The maximum Gasteiger partial charge on any atom is 0.295 e. The third kappa shape index (κ3) is 4.37. The number of likely N-dealkylation sites (tertiary alicyclic amines) is 1. The second kappa shape index (κ2) is 9.79. The molecule has 1 saturated heterocycles. The fraction of sp³-hybridized carbons (Fsp3) is 0.222. The Balaban J connectivity index is 1.84. The number of nitrogens with zero attached hydrogens (tertiary/aromatic N) is 2. The lowest BCUT2D eigenvalue weighted by Gasteiger charge is -2.25. The number of aliphatic hydroxyl groups is 1. The van der Waals surface area contributed by atoms with Crippen molar-refractivity contribution in [2.45, 2.75) is 26.4 Å². The summed E-state index contributed by atoms with van der Waals surface area (Å²) in [7, 11) is 1.57. The number of aliphatic hydroxyl groups excluding tert-OH is 1. The molecule has 1 aliphatic rings. The van der Waals surface area contributed by atoms with Gasteiger partial charge >= 0.3 is 0 Å². The summed E-state index contributed by atoms with van der Waals surface area (Å²) in [6, 6.07) is 15.2. The molecule has 2 aromatic carbocycles. The van der Waals surface area contributed by atoms with Gasteiger partial charge in [-0.3, -0.25) is 14.6 Å². The number of benzene rings is 2. The number of methoxy groups -OCH3 is 1. The van der Waals surface area contributed by atoms with E-state index in [1.807, 2.05) is 32.0 Å². The lowest BCUT2D eigenvalue weighted by Crippen LogP contribution is -2.29.